The summed E-state index contributed by atoms with van der Waals surface area (Å²) < 4.78 is 14.2. The molecule has 1 saturated heterocycles. The van der Waals surface area contributed by atoms with E-state index in [1.54, 1.807) is 30.6 Å². The fourth-order valence-corrected chi connectivity index (χ4v) is 3.92. The monoisotopic (exact) mass is 397 g/mol. The number of pyridine rings is 2. The van der Waals surface area contributed by atoms with Crippen LogP contribution < -0.4 is 16.0 Å². The van der Waals surface area contributed by atoms with Gasteiger partial charge in [-0.05, 0) is 37.1 Å². The fourth-order valence-electron chi connectivity index (χ4n) is 3.92. The highest BCUT2D eigenvalue weighted by atomic mass is 19.1. The number of halogens is 1. The number of rotatable bonds is 7. The SMILES string of the molecule is O=C1CC(CNC(=O)c2ccc(NCC3(c4ncccc4F)CCC3)cn2)CN1. The Bertz CT molecular complexity index is 898. The van der Waals surface area contributed by atoms with E-state index in [0.29, 0.717) is 37.4 Å². The van der Waals surface area contributed by atoms with Gasteiger partial charge in [0.25, 0.3) is 5.91 Å². The summed E-state index contributed by atoms with van der Waals surface area (Å²) in [5.41, 5.74) is 1.31. The van der Waals surface area contributed by atoms with Gasteiger partial charge in [0.15, 0.2) is 0 Å². The number of aromatic nitrogens is 2. The molecule has 2 aromatic rings. The van der Waals surface area contributed by atoms with Gasteiger partial charge in [-0.3, -0.25) is 14.6 Å². The molecular weight excluding hydrogens is 373 g/mol. The van der Waals surface area contributed by atoms with E-state index in [4.69, 9.17) is 0 Å². The van der Waals surface area contributed by atoms with Gasteiger partial charge in [-0.2, -0.15) is 0 Å². The zero-order valence-corrected chi connectivity index (χ0v) is 16.1. The summed E-state index contributed by atoms with van der Waals surface area (Å²) >= 11 is 0. The third kappa shape index (κ3) is 4.21. The molecule has 1 aliphatic heterocycles. The second kappa shape index (κ2) is 8.14. The molecule has 2 fully saturated rings. The first-order valence-electron chi connectivity index (χ1n) is 9.92. The molecule has 0 aromatic carbocycles. The summed E-state index contributed by atoms with van der Waals surface area (Å²) in [5.74, 6) is -0.383. The first kappa shape index (κ1) is 19.3. The van der Waals surface area contributed by atoms with Crippen LogP contribution in [0.25, 0.3) is 0 Å². The summed E-state index contributed by atoms with van der Waals surface area (Å²) in [7, 11) is 0. The van der Waals surface area contributed by atoms with E-state index < -0.39 is 0 Å². The molecule has 2 aromatic heterocycles. The van der Waals surface area contributed by atoms with Crippen LogP contribution in [-0.4, -0.2) is 41.4 Å². The van der Waals surface area contributed by atoms with Crippen molar-refractivity contribution in [2.75, 3.05) is 25.0 Å². The first-order chi connectivity index (χ1) is 14.1. The maximum atomic E-state index is 14.2. The lowest BCUT2D eigenvalue weighted by Gasteiger charge is -2.41. The van der Waals surface area contributed by atoms with Crippen LogP contribution in [0.15, 0.2) is 36.7 Å². The number of nitrogens with zero attached hydrogens (tertiary/aromatic N) is 2. The second-order valence-corrected chi connectivity index (χ2v) is 7.84. The highest BCUT2D eigenvalue weighted by Crippen LogP contribution is 2.43. The third-order valence-electron chi connectivity index (χ3n) is 5.81. The van der Waals surface area contributed by atoms with Gasteiger partial charge in [0.2, 0.25) is 5.91 Å². The zero-order valence-electron chi connectivity index (χ0n) is 16.1. The summed E-state index contributed by atoms with van der Waals surface area (Å²) in [4.78, 5) is 31.9. The van der Waals surface area contributed by atoms with Crippen molar-refractivity contribution in [1.29, 1.82) is 0 Å². The van der Waals surface area contributed by atoms with E-state index >= 15 is 0 Å². The van der Waals surface area contributed by atoms with Crippen molar-refractivity contribution in [3.8, 4) is 0 Å². The number of hydrogen-bond donors (Lipinski definition) is 3. The number of carbonyl (C=O) groups is 2. The highest BCUT2D eigenvalue weighted by molar-refractivity contribution is 5.92. The number of amides is 2. The Morgan fingerprint density at radius 3 is 2.76 bits per heavy atom. The van der Waals surface area contributed by atoms with Crippen molar-refractivity contribution in [1.82, 2.24) is 20.6 Å². The molecule has 8 heteroatoms. The largest absolute Gasteiger partial charge is 0.383 e. The van der Waals surface area contributed by atoms with Crippen molar-refractivity contribution in [2.45, 2.75) is 31.1 Å². The number of anilines is 1. The predicted molar refractivity (Wildman–Crippen MR) is 106 cm³/mol. The van der Waals surface area contributed by atoms with E-state index in [0.717, 1.165) is 24.9 Å². The van der Waals surface area contributed by atoms with Gasteiger partial charge in [0, 0.05) is 43.6 Å². The number of carbonyl (C=O) groups excluding carboxylic acids is 2. The molecule has 0 bridgehead atoms. The molecule has 2 amide bonds. The van der Waals surface area contributed by atoms with Crippen LogP contribution in [0, 0.1) is 11.7 Å². The topological polar surface area (TPSA) is 96.0 Å². The van der Waals surface area contributed by atoms with Gasteiger partial charge < -0.3 is 16.0 Å². The summed E-state index contributed by atoms with van der Waals surface area (Å²) in [5, 5.41) is 8.88. The first-order valence-corrected chi connectivity index (χ1v) is 9.92. The number of nitrogens with one attached hydrogen (secondary N) is 3. The van der Waals surface area contributed by atoms with Crippen LogP contribution in [0.3, 0.4) is 0 Å². The van der Waals surface area contributed by atoms with Crippen molar-refractivity contribution in [3.05, 3.63) is 53.9 Å². The van der Waals surface area contributed by atoms with Crippen LogP contribution in [-0.2, 0) is 10.2 Å². The normalized spacial score (nSPS) is 19.9. The standard InChI is InChI=1S/C21H24FN5O2/c22-16-3-1-8-23-19(16)21(6-2-7-21)13-27-15-4-5-17(24-12-15)20(29)26-11-14-9-18(28)25-10-14/h1,3-5,8,12,14,27H,2,6-7,9-11,13H2,(H,25,28)(H,26,29). The molecule has 7 nitrogen and oxygen atoms in total. The lowest BCUT2D eigenvalue weighted by Crippen LogP contribution is -2.42. The zero-order chi connectivity index (χ0) is 20.3. The summed E-state index contributed by atoms with van der Waals surface area (Å²) in [6.07, 6.45) is 6.51. The van der Waals surface area contributed by atoms with Gasteiger partial charge in [-0.25, -0.2) is 9.37 Å². The van der Waals surface area contributed by atoms with Crippen molar-refractivity contribution >= 4 is 17.5 Å². The third-order valence-corrected chi connectivity index (χ3v) is 5.81. The lowest BCUT2D eigenvalue weighted by atomic mass is 9.66. The minimum absolute atomic E-state index is 0.0209. The van der Waals surface area contributed by atoms with Gasteiger partial charge in [0.1, 0.15) is 11.5 Å². The van der Waals surface area contributed by atoms with Crippen LogP contribution in [0.5, 0.6) is 0 Å². The second-order valence-electron chi connectivity index (χ2n) is 7.84. The molecule has 1 saturated carbocycles. The maximum Gasteiger partial charge on any atom is 0.269 e. The fraction of sp³-hybridized carbons (Fsp3) is 0.429. The molecular formula is C21H24FN5O2. The van der Waals surface area contributed by atoms with Crippen molar-refractivity contribution in [3.63, 3.8) is 0 Å². The average molecular weight is 397 g/mol. The van der Waals surface area contributed by atoms with Gasteiger partial charge in [-0.1, -0.05) is 6.42 Å². The molecule has 152 valence electrons. The smallest absolute Gasteiger partial charge is 0.269 e. The predicted octanol–water partition coefficient (Wildman–Crippen LogP) is 2.02. The lowest BCUT2D eigenvalue weighted by molar-refractivity contribution is -0.119. The van der Waals surface area contributed by atoms with E-state index in [1.165, 1.54) is 6.07 Å². The minimum atomic E-state index is -0.297. The van der Waals surface area contributed by atoms with E-state index in [-0.39, 0.29) is 29.0 Å². The molecule has 2 aliphatic rings. The van der Waals surface area contributed by atoms with Gasteiger partial charge in [0.05, 0.1) is 17.6 Å². The van der Waals surface area contributed by atoms with Gasteiger partial charge in [-0.15, -0.1) is 0 Å². The molecule has 3 N–H and O–H groups in total. The average Bonchev–Trinajstić information content (AvgIpc) is 3.12. The van der Waals surface area contributed by atoms with Crippen molar-refractivity contribution in [2.24, 2.45) is 5.92 Å². The molecule has 1 atom stereocenters. The Morgan fingerprint density at radius 1 is 1.28 bits per heavy atom. The van der Waals surface area contributed by atoms with Crippen LogP contribution in [0.1, 0.15) is 41.9 Å². The Morgan fingerprint density at radius 2 is 2.14 bits per heavy atom. The summed E-state index contributed by atoms with van der Waals surface area (Å²) in [6.45, 7) is 1.60. The quantitative estimate of drug-likeness (QED) is 0.664. The van der Waals surface area contributed by atoms with Crippen LogP contribution in [0.2, 0.25) is 0 Å². The summed E-state index contributed by atoms with van der Waals surface area (Å²) in [6, 6.07) is 6.51. The Hall–Kier alpha value is -3.03. The molecule has 1 unspecified atom stereocenters. The Balaban J connectivity index is 1.33. The molecule has 4 rings (SSSR count). The van der Waals surface area contributed by atoms with E-state index in [2.05, 4.69) is 25.9 Å². The number of hydrogen-bond acceptors (Lipinski definition) is 5. The van der Waals surface area contributed by atoms with Crippen LogP contribution in [0.4, 0.5) is 10.1 Å². The molecule has 1 aliphatic carbocycles. The van der Waals surface area contributed by atoms with Crippen molar-refractivity contribution < 1.29 is 14.0 Å². The van der Waals surface area contributed by atoms with Crippen LogP contribution >= 0.6 is 0 Å². The molecule has 29 heavy (non-hydrogen) atoms. The molecule has 3 heterocycles. The highest BCUT2D eigenvalue weighted by Gasteiger charge is 2.41. The van der Waals surface area contributed by atoms with E-state index in [1.807, 2.05) is 0 Å². The Kier molecular flexibility index (Phi) is 5.42. The van der Waals surface area contributed by atoms with E-state index in [9.17, 15) is 14.0 Å². The van der Waals surface area contributed by atoms with Gasteiger partial charge >= 0.3 is 0 Å². The minimum Gasteiger partial charge on any atom is -0.383 e. The Labute approximate surface area is 168 Å². The maximum absolute atomic E-state index is 14.2. The molecule has 0 radical (unpaired) electrons. The molecule has 0 spiro atoms.